The molecular weight excluding hydrogens is 274 g/mol. The Kier molecular flexibility index (Phi) is 4.25. The smallest absolute Gasteiger partial charge is 0.254 e. The minimum absolute atomic E-state index is 0.0271. The molecule has 108 valence electrons. The first kappa shape index (κ1) is 14.7. The summed E-state index contributed by atoms with van der Waals surface area (Å²) in [5.74, 6) is 0.417. The first-order valence-electron chi connectivity index (χ1n) is 6.40. The van der Waals surface area contributed by atoms with Gasteiger partial charge in [0.25, 0.3) is 5.91 Å². The highest BCUT2D eigenvalue weighted by Crippen LogP contribution is 2.23. The van der Waals surface area contributed by atoms with Crippen LogP contribution >= 0.6 is 11.3 Å². The molecule has 2 rings (SSSR count). The standard InChI is InChI=1S/C14H19N3O2S/c1-14(2,3)11-8-20-12(17-11)6-16-13(18)9-4-10(5-15)19-7-9/h4,7-8H,5-6,15H2,1-3H3,(H,16,18). The van der Waals surface area contributed by atoms with Crippen LogP contribution in [0.1, 0.15) is 47.6 Å². The molecule has 1 amide bonds. The summed E-state index contributed by atoms with van der Waals surface area (Å²) in [6.45, 7) is 7.05. The van der Waals surface area contributed by atoms with Gasteiger partial charge >= 0.3 is 0 Å². The molecule has 0 atom stereocenters. The zero-order chi connectivity index (χ0) is 14.8. The minimum Gasteiger partial charge on any atom is -0.467 e. The topological polar surface area (TPSA) is 81.2 Å². The van der Waals surface area contributed by atoms with E-state index in [4.69, 9.17) is 10.2 Å². The van der Waals surface area contributed by atoms with Crippen LogP contribution in [0.2, 0.25) is 0 Å². The fourth-order valence-electron chi connectivity index (χ4n) is 1.60. The lowest BCUT2D eigenvalue weighted by molar-refractivity contribution is 0.0950. The first-order valence-corrected chi connectivity index (χ1v) is 7.28. The Bertz CT molecular complexity index is 596. The second-order valence-electron chi connectivity index (χ2n) is 5.56. The molecule has 0 aliphatic carbocycles. The molecule has 2 aromatic heterocycles. The van der Waals surface area contributed by atoms with Crippen LogP contribution in [0, 0.1) is 0 Å². The molecule has 2 heterocycles. The normalized spacial score (nSPS) is 11.6. The monoisotopic (exact) mass is 293 g/mol. The first-order chi connectivity index (χ1) is 9.40. The van der Waals surface area contributed by atoms with E-state index in [1.165, 1.54) is 6.26 Å². The molecule has 0 aromatic carbocycles. The van der Waals surface area contributed by atoms with E-state index < -0.39 is 0 Å². The van der Waals surface area contributed by atoms with E-state index in [1.807, 2.05) is 5.38 Å². The Hall–Kier alpha value is -1.66. The van der Waals surface area contributed by atoms with Crippen LogP contribution in [-0.4, -0.2) is 10.9 Å². The third-order valence-electron chi connectivity index (χ3n) is 2.84. The van der Waals surface area contributed by atoms with Gasteiger partial charge in [0.1, 0.15) is 17.0 Å². The molecule has 2 aromatic rings. The zero-order valence-electron chi connectivity index (χ0n) is 11.9. The summed E-state index contributed by atoms with van der Waals surface area (Å²) in [4.78, 5) is 16.4. The van der Waals surface area contributed by atoms with Crippen molar-refractivity contribution in [2.24, 2.45) is 5.73 Å². The van der Waals surface area contributed by atoms with Crippen molar-refractivity contribution in [1.29, 1.82) is 0 Å². The molecule has 6 heteroatoms. The predicted molar refractivity (Wildman–Crippen MR) is 78.6 cm³/mol. The van der Waals surface area contributed by atoms with Gasteiger partial charge in [-0.15, -0.1) is 11.3 Å². The van der Waals surface area contributed by atoms with Gasteiger partial charge in [-0.3, -0.25) is 4.79 Å². The maximum absolute atomic E-state index is 11.9. The van der Waals surface area contributed by atoms with Gasteiger partial charge in [-0.1, -0.05) is 20.8 Å². The van der Waals surface area contributed by atoms with Gasteiger partial charge < -0.3 is 15.5 Å². The number of carbonyl (C=O) groups is 1. The lowest BCUT2D eigenvalue weighted by Crippen LogP contribution is -2.22. The third-order valence-corrected chi connectivity index (χ3v) is 3.69. The number of hydrogen-bond donors (Lipinski definition) is 2. The highest BCUT2D eigenvalue weighted by Gasteiger charge is 2.17. The van der Waals surface area contributed by atoms with Crippen molar-refractivity contribution in [3.63, 3.8) is 0 Å². The van der Waals surface area contributed by atoms with E-state index in [-0.39, 0.29) is 17.9 Å². The summed E-state index contributed by atoms with van der Waals surface area (Å²) in [7, 11) is 0. The van der Waals surface area contributed by atoms with E-state index in [0.29, 0.717) is 17.9 Å². The molecule has 20 heavy (non-hydrogen) atoms. The summed E-state index contributed by atoms with van der Waals surface area (Å²) in [5.41, 5.74) is 6.99. The van der Waals surface area contributed by atoms with Gasteiger partial charge in [0, 0.05) is 10.8 Å². The van der Waals surface area contributed by atoms with Gasteiger partial charge in [-0.2, -0.15) is 0 Å². The number of hydrogen-bond acceptors (Lipinski definition) is 5. The van der Waals surface area contributed by atoms with Gasteiger partial charge in [0.15, 0.2) is 0 Å². The number of nitrogens with zero attached hydrogens (tertiary/aromatic N) is 1. The number of nitrogens with two attached hydrogens (primary N) is 1. The summed E-state index contributed by atoms with van der Waals surface area (Å²) in [5, 5.41) is 5.75. The van der Waals surface area contributed by atoms with Crippen molar-refractivity contribution < 1.29 is 9.21 Å². The van der Waals surface area contributed by atoms with Crippen LogP contribution in [0.4, 0.5) is 0 Å². The molecule has 0 aliphatic rings. The number of nitrogens with one attached hydrogen (secondary N) is 1. The third kappa shape index (κ3) is 3.46. The summed E-state index contributed by atoms with van der Waals surface area (Å²) < 4.78 is 5.14. The van der Waals surface area contributed by atoms with Crippen LogP contribution in [-0.2, 0) is 18.5 Å². The minimum atomic E-state index is -0.180. The fourth-order valence-corrected chi connectivity index (χ4v) is 2.56. The Morgan fingerprint density at radius 2 is 2.25 bits per heavy atom. The summed E-state index contributed by atoms with van der Waals surface area (Å²) in [6, 6.07) is 1.65. The van der Waals surface area contributed by atoms with E-state index in [1.54, 1.807) is 17.4 Å². The van der Waals surface area contributed by atoms with Crippen molar-refractivity contribution in [2.75, 3.05) is 0 Å². The van der Waals surface area contributed by atoms with Gasteiger partial charge in [-0.05, 0) is 6.07 Å². The average Bonchev–Trinajstić information content (AvgIpc) is 3.04. The molecule has 0 saturated carbocycles. The lowest BCUT2D eigenvalue weighted by Gasteiger charge is -2.14. The second-order valence-corrected chi connectivity index (χ2v) is 6.51. The average molecular weight is 293 g/mol. The summed E-state index contributed by atoms with van der Waals surface area (Å²) in [6.07, 6.45) is 1.42. The van der Waals surface area contributed by atoms with E-state index in [9.17, 15) is 4.79 Å². The number of aromatic nitrogens is 1. The number of carbonyl (C=O) groups excluding carboxylic acids is 1. The molecule has 0 spiro atoms. The highest BCUT2D eigenvalue weighted by atomic mass is 32.1. The Labute approximate surface area is 122 Å². The van der Waals surface area contributed by atoms with Crippen molar-refractivity contribution in [2.45, 2.75) is 39.3 Å². The molecule has 3 N–H and O–H groups in total. The maximum atomic E-state index is 11.9. The predicted octanol–water partition coefficient (Wildman–Crippen LogP) is 2.42. The zero-order valence-corrected chi connectivity index (χ0v) is 12.7. The largest absolute Gasteiger partial charge is 0.467 e. The Balaban J connectivity index is 1.95. The van der Waals surface area contributed by atoms with Crippen molar-refractivity contribution in [3.8, 4) is 0 Å². The maximum Gasteiger partial charge on any atom is 0.254 e. The molecular formula is C14H19N3O2S. The van der Waals surface area contributed by atoms with Crippen molar-refractivity contribution in [1.82, 2.24) is 10.3 Å². The fraction of sp³-hybridized carbons (Fsp3) is 0.429. The van der Waals surface area contributed by atoms with Crippen LogP contribution in [0.15, 0.2) is 22.1 Å². The number of thiazole rings is 1. The molecule has 0 unspecified atom stereocenters. The van der Waals surface area contributed by atoms with Crippen LogP contribution in [0.25, 0.3) is 0 Å². The van der Waals surface area contributed by atoms with Crippen molar-refractivity contribution >= 4 is 17.2 Å². The second kappa shape index (κ2) is 5.76. The molecule has 5 nitrogen and oxygen atoms in total. The quantitative estimate of drug-likeness (QED) is 0.907. The van der Waals surface area contributed by atoms with Gasteiger partial charge in [-0.25, -0.2) is 4.98 Å². The van der Waals surface area contributed by atoms with E-state index in [2.05, 4.69) is 31.1 Å². The molecule has 0 aliphatic heterocycles. The highest BCUT2D eigenvalue weighted by molar-refractivity contribution is 7.09. The number of furan rings is 1. The molecule has 0 radical (unpaired) electrons. The lowest BCUT2D eigenvalue weighted by atomic mass is 9.93. The van der Waals surface area contributed by atoms with Crippen LogP contribution in [0.3, 0.4) is 0 Å². The van der Waals surface area contributed by atoms with E-state index >= 15 is 0 Å². The van der Waals surface area contributed by atoms with Crippen LogP contribution in [0.5, 0.6) is 0 Å². The van der Waals surface area contributed by atoms with Gasteiger partial charge in [0.2, 0.25) is 0 Å². The number of rotatable bonds is 4. The number of amides is 1. The van der Waals surface area contributed by atoms with E-state index in [0.717, 1.165) is 10.7 Å². The van der Waals surface area contributed by atoms with Crippen molar-refractivity contribution in [3.05, 3.63) is 39.7 Å². The molecule has 0 saturated heterocycles. The Morgan fingerprint density at radius 1 is 1.50 bits per heavy atom. The SMILES string of the molecule is CC(C)(C)c1csc(CNC(=O)c2coc(CN)c2)n1. The van der Waals surface area contributed by atoms with Gasteiger partial charge in [0.05, 0.1) is 24.3 Å². The van der Waals surface area contributed by atoms with Crippen LogP contribution < -0.4 is 11.1 Å². The summed E-state index contributed by atoms with van der Waals surface area (Å²) >= 11 is 1.55. The molecule has 0 fully saturated rings. The molecule has 0 bridgehead atoms. The Morgan fingerprint density at radius 3 is 2.80 bits per heavy atom.